The third kappa shape index (κ3) is 2.08. The number of carboxylic acid groups (broad SMARTS) is 1. The summed E-state index contributed by atoms with van der Waals surface area (Å²) in [6.45, 7) is -0.481. The van der Waals surface area contributed by atoms with Gasteiger partial charge in [0.1, 0.15) is 6.04 Å². The number of carboxylic acids is 1. The number of ketones is 1. The summed E-state index contributed by atoms with van der Waals surface area (Å²) in [5, 5.41) is 17.4. The van der Waals surface area contributed by atoms with E-state index in [2.05, 4.69) is 0 Å². The molecule has 1 fully saturated rings. The first kappa shape index (κ1) is 10.6. The molecule has 1 aliphatic rings. The van der Waals surface area contributed by atoms with Crippen molar-refractivity contribution in [2.45, 2.75) is 18.9 Å². The van der Waals surface area contributed by atoms with Crippen molar-refractivity contribution < 1.29 is 24.6 Å². The Kier molecular flexibility index (Phi) is 3.19. The van der Waals surface area contributed by atoms with Crippen LogP contribution < -0.4 is 0 Å². The summed E-state index contributed by atoms with van der Waals surface area (Å²) in [5.74, 6) is -1.95. The minimum atomic E-state index is -1.19. The van der Waals surface area contributed by atoms with Crippen molar-refractivity contribution in [1.82, 2.24) is 4.90 Å². The van der Waals surface area contributed by atoms with Gasteiger partial charge in [0.2, 0.25) is 5.91 Å². The lowest BCUT2D eigenvalue weighted by Crippen LogP contribution is -2.42. The molecular weight excluding hydrogens is 190 g/mol. The summed E-state index contributed by atoms with van der Waals surface area (Å²) in [5.41, 5.74) is 0. The lowest BCUT2D eigenvalue weighted by molar-refractivity contribution is -0.148. The van der Waals surface area contributed by atoms with Crippen LogP contribution in [0.25, 0.3) is 0 Å². The van der Waals surface area contributed by atoms with Gasteiger partial charge in [-0.2, -0.15) is 0 Å². The highest BCUT2D eigenvalue weighted by Gasteiger charge is 2.36. The molecule has 0 spiro atoms. The van der Waals surface area contributed by atoms with Crippen LogP contribution in [0.1, 0.15) is 12.8 Å². The number of hydrogen-bond acceptors (Lipinski definition) is 4. The van der Waals surface area contributed by atoms with Gasteiger partial charge in [0, 0.05) is 13.0 Å². The van der Waals surface area contributed by atoms with E-state index in [0.717, 1.165) is 4.90 Å². The molecule has 0 aromatic heterocycles. The van der Waals surface area contributed by atoms with Gasteiger partial charge in [-0.25, -0.2) is 4.79 Å². The molecular formula is C8H11NO5. The molecule has 1 aliphatic heterocycles. The van der Waals surface area contributed by atoms with E-state index in [0.29, 0.717) is 0 Å². The van der Waals surface area contributed by atoms with Crippen molar-refractivity contribution in [3.8, 4) is 0 Å². The zero-order valence-electron chi connectivity index (χ0n) is 7.47. The number of amides is 1. The summed E-state index contributed by atoms with van der Waals surface area (Å²) in [4.78, 5) is 33.8. The highest BCUT2D eigenvalue weighted by molar-refractivity contribution is 6.06. The van der Waals surface area contributed by atoms with Gasteiger partial charge in [-0.3, -0.25) is 9.59 Å². The van der Waals surface area contributed by atoms with Crippen LogP contribution >= 0.6 is 0 Å². The predicted octanol–water partition coefficient (Wildman–Crippen LogP) is -1.38. The van der Waals surface area contributed by atoms with Crippen LogP contribution in [0.4, 0.5) is 0 Å². The van der Waals surface area contributed by atoms with Gasteiger partial charge in [0.05, 0.1) is 13.0 Å². The number of carbonyl (C=O) groups excluding carboxylic acids is 2. The molecule has 1 saturated heterocycles. The fourth-order valence-corrected chi connectivity index (χ4v) is 1.42. The number of carbonyl (C=O) groups is 3. The maximum absolute atomic E-state index is 11.2. The number of Topliss-reactive ketones (excluding diaryl/α,β-unsaturated/α-hetero) is 1. The standard InChI is InChI=1S/C8H11NO5/c10-2-1-6(8(13)14)9-4-5(11)3-7(9)12/h6,10H,1-4H2,(H,13,14). The Morgan fingerprint density at radius 3 is 2.50 bits per heavy atom. The molecule has 6 nitrogen and oxygen atoms in total. The highest BCUT2D eigenvalue weighted by Crippen LogP contribution is 2.13. The van der Waals surface area contributed by atoms with E-state index >= 15 is 0 Å². The fraction of sp³-hybridized carbons (Fsp3) is 0.625. The molecule has 0 bridgehead atoms. The lowest BCUT2D eigenvalue weighted by Gasteiger charge is -2.22. The molecule has 1 atom stereocenters. The molecule has 14 heavy (non-hydrogen) atoms. The van der Waals surface area contributed by atoms with Crippen molar-refractivity contribution in [3.05, 3.63) is 0 Å². The van der Waals surface area contributed by atoms with Crippen LogP contribution in [-0.4, -0.2) is 52.0 Å². The third-order valence-electron chi connectivity index (χ3n) is 2.08. The molecule has 0 aromatic carbocycles. The van der Waals surface area contributed by atoms with Gasteiger partial charge < -0.3 is 15.1 Å². The van der Waals surface area contributed by atoms with Crippen molar-refractivity contribution in [2.24, 2.45) is 0 Å². The Bertz CT molecular complexity index is 275. The molecule has 1 amide bonds. The number of aliphatic hydroxyl groups excluding tert-OH is 1. The zero-order valence-corrected chi connectivity index (χ0v) is 7.47. The first-order chi connectivity index (χ1) is 6.56. The maximum atomic E-state index is 11.2. The van der Waals surface area contributed by atoms with Crippen LogP contribution in [0.5, 0.6) is 0 Å². The summed E-state index contributed by atoms with van der Waals surface area (Å²) >= 11 is 0. The van der Waals surface area contributed by atoms with Crippen molar-refractivity contribution in [3.63, 3.8) is 0 Å². The first-order valence-electron chi connectivity index (χ1n) is 4.21. The van der Waals surface area contributed by atoms with Crippen molar-refractivity contribution in [1.29, 1.82) is 0 Å². The largest absolute Gasteiger partial charge is 0.480 e. The SMILES string of the molecule is O=C1CC(=O)N(C(CCO)C(=O)O)C1. The van der Waals surface area contributed by atoms with Gasteiger partial charge in [-0.15, -0.1) is 0 Å². The Hall–Kier alpha value is -1.43. The number of aliphatic hydroxyl groups is 1. The molecule has 6 heteroatoms. The van der Waals surface area contributed by atoms with E-state index in [1.54, 1.807) is 0 Å². The van der Waals surface area contributed by atoms with E-state index < -0.39 is 17.9 Å². The molecule has 1 unspecified atom stereocenters. The fourth-order valence-electron chi connectivity index (χ4n) is 1.42. The summed E-state index contributed by atoms with van der Waals surface area (Å²) in [6.07, 6.45) is -0.274. The second-order valence-electron chi connectivity index (χ2n) is 3.10. The zero-order chi connectivity index (χ0) is 10.7. The smallest absolute Gasteiger partial charge is 0.326 e. The predicted molar refractivity (Wildman–Crippen MR) is 44.5 cm³/mol. The van der Waals surface area contributed by atoms with Crippen LogP contribution in [0, 0.1) is 0 Å². The number of nitrogens with zero attached hydrogens (tertiary/aromatic N) is 1. The second-order valence-corrected chi connectivity index (χ2v) is 3.10. The van der Waals surface area contributed by atoms with E-state index in [4.69, 9.17) is 10.2 Å². The number of likely N-dealkylation sites (tertiary alicyclic amines) is 1. The molecule has 1 rings (SSSR count). The van der Waals surface area contributed by atoms with Crippen LogP contribution in [0.3, 0.4) is 0 Å². The van der Waals surface area contributed by atoms with Crippen molar-refractivity contribution in [2.75, 3.05) is 13.2 Å². The Morgan fingerprint density at radius 2 is 2.14 bits per heavy atom. The van der Waals surface area contributed by atoms with Crippen LogP contribution in [-0.2, 0) is 14.4 Å². The Labute approximate surface area is 80.1 Å². The number of hydrogen-bond donors (Lipinski definition) is 2. The van der Waals surface area contributed by atoms with Crippen LogP contribution in [0.2, 0.25) is 0 Å². The molecule has 78 valence electrons. The summed E-state index contributed by atoms with van der Waals surface area (Å²) in [7, 11) is 0. The Balaban J connectivity index is 2.73. The second kappa shape index (κ2) is 4.19. The van der Waals surface area contributed by atoms with Gasteiger partial charge in [-0.05, 0) is 0 Å². The monoisotopic (exact) mass is 201 g/mol. The number of aliphatic carboxylic acids is 1. The molecule has 0 aliphatic carbocycles. The normalized spacial score (nSPS) is 18.8. The van der Waals surface area contributed by atoms with Gasteiger partial charge in [-0.1, -0.05) is 0 Å². The van der Waals surface area contributed by atoms with E-state index in [-0.39, 0.29) is 31.8 Å². The number of rotatable bonds is 4. The minimum Gasteiger partial charge on any atom is -0.480 e. The van der Waals surface area contributed by atoms with E-state index in [9.17, 15) is 14.4 Å². The quantitative estimate of drug-likeness (QED) is 0.547. The molecule has 0 saturated carbocycles. The van der Waals surface area contributed by atoms with E-state index in [1.807, 2.05) is 0 Å². The van der Waals surface area contributed by atoms with E-state index in [1.165, 1.54) is 0 Å². The van der Waals surface area contributed by atoms with Gasteiger partial charge >= 0.3 is 5.97 Å². The molecule has 2 N–H and O–H groups in total. The Morgan fingerprint density at radius 1 is 1.50 bits per heavy atom. The molecule has 1 heterocycles. The van der Waals surface area contributed by atoms with Crippen molar-refractivity contribution >= 4 is 17.7 Å². The summed E-state index contributed by atoms with van der Waals surface area (Å²) < 4.78 is 0. The topological polar surface area (TPSA) is 94.9 Å². The maximum Gasteiger partial charge on any atom is 0.326 e. The van der Waals surface area contributed by atoms with Gasteiger partial charge in [0.25, 0.3) is 0 Å². The summed E-state index contributed by atoms with van der Waals surface area (Å²) in [6, 6.07) is -1.08. The average Bonchev–Trinajstić information content (AvgIpc) is 2.40. The van der Waals surface area contributed by atoms with Gasteiger partial charge in [0.15, 0.2) is 5.78 Å². The highest BCUT2D eigenvalue weighted by atomic mass is 16.4. The molecule has 0 radical (unpaired) electrons. The average molecular weight is 201 g/mol. The first-order valence-corrected chi connectivity index (χ1v) is 4.21. The lowest BCUT2D eigenvalue weighted by atomic mass is 10.2. The third-order valence-corrected chi connectivity index (χ3v) is 2.08. The van der Waals surface area contributed by atoms with Crippen LogP contribution in [0.15, 0.2) is 0 Å². The minimum absolute atomic E-state index is 0.0473. The molecule has 0 aromatic rings.